The second-order valence-corrected chi connectivity index (χ2v) is 9.43. The van der Waals surface area contributed by atoms with E-state index >= 15 is 0 Å². The number of hydrogen-bond donors (Lipinski definition) is 1. The lowest BCUT2D eigenvalue weighted by atomic mass is 9.98. The Kier molecular flexibility index (Phi) is 6.20. The third-order valence-electron chi connectivity index (χ3n) is 7.01. The van der Waals surface area contributed by atoms with Crippen molar-refractivity contribution in [3.05, 3.63) is 117 Å². The van der Waals surface area contributed by atoms with E-state index in [1.165, 1.54) is 11.6 Å². The summed E-state index contributed by atoms with van der Waals surface area (Å²) in [6.45, 7) is 2.74. The Morgan fingerprint density at radius 1 is 0.821 bits per heavy atom. The number of hydrogen-bond acceptors (Lipinski definition) is 6. The first kappa shape index (κ1) is 24.2. The molecule has 0 saturated carbocycles. The van der Waals surface area contributed by atoms with E-state index in [1.54, 1.807) is 4.57 Å². The Bertz CT molecular complexity index is 1880. The van der Waals surface area contributed by atoms with Crippen LogP contribution in [0.5, 0.6) is 0 Å². The summed E-state index contributed by atoms with van der Waals surface area (Å²) in [5.74, 6) is 1.21. The summed E-state index contributed by atoms with van der Waals surface area (Å²) < 4.78 is 4.66. The maximum atomic E-state index is 13.3. The quantitative estimate of drug-likeness (QED) is 0.347. The van der Waals surface area contributed by atoms with Crippen LogP contribution in [0.15, 0.2) is 88.5 Å². The molecule has 6 rings (SSSR count). The molecule has 0 bridgehead atoms. The fourth-order valence-corrected chi connectivity index (χ4v) is 4.92. The van der Waals surface area contributed by atoms with Crippen LogP contribution >= 0.6 is 0 Å². The molecule has 10 nitrogen and oxygen atoms in total. The molecule has 3 aromatic carbocycles. The number of fused-ring (bicyclic) bond motifs is 1. The Labute approximate surface area is 223 Å². The molecule has 0 saturated heterocycles. The number of benzene rings is 3. The molecule has 3 aromatic heterocycles. The molecule has 0 aliphatic heterocycles. The highest BCUT2D eigenvalue weighted by Crippen LogP contribution is 2.30. The standard InChI is InChI=1S/C29H26N8O2/c1-19-30-27-25(28(38)35(2)29(39)36(27)17-16-20-8-4-3-5-9-20)37(19)18-21-12-14-22(15-13-21)23-10-6-7-11-24(23)26-31-33-34-32-26/h3-15H,16-18H2,1-2H3,(H,31,32,33,34). The van der Waals surface area contributed by atoms with Gasteiger partial charge in [0.2, 0.25) is 5.82 Å². The summed E-state index contributed by atoms with van der Waals surface area (Å²) in [4.78, 5) is 31.0. The van der Waals surface area contributed by atoms with E-state index in [9.17, 15) is 9.59 Å². The predicted molar refractivity (Wildman–Crippen MR) is 148 cm³/mol. The minimum Gasteiger partial charge on any atom is -0.318 e. The van der Waals surface area contributed by atoms with E-state index in [-0.39, 0.29) is 11.2 Å². The van der Waals surface area contributed by atoms with E-state index < -0.39 is 0 Å². The van der Waals surface area contributed by atoms with Gasteiger partial charge < -0.3 is 4.57 Å². The molecule has 1 N–H and O–H groups in total. The van der Waals surface area contributed by atoms with Crippen molar-refractivity contribution >= 4 is 11.2 Å². The van der Waals surface area contributed by atoms with Gasteiger partial charge in [0.05, 0.1) is 0 Å². The Hall–Kier alpha value is -5.12. The molecule has 6 aromatic rings. The molecule has 10 heteroatoms. The lowest BCUT2D eigenvalue weighted by molar-refractivity contribution is 0.619. The van der Waals surface area contributed by atoms with E-state index in [1.807, 2.05) is 90.4 Å². The number of aryl methyl sites for hydroxylation is 3. The molecule has 0 radical (unpaired) electrons. The summed E-state index contributed by atoms with van der Waals surface area (Å²) in [6, 6.07) is 26.0. The zero-order chi connectivity index (χ0) is 26.9. The highest BCUT2D eigenvalue weighted by molar-refractivity contribution is 5.80. The number of rotatable bonds is 7. The number of tetrazole rings is 1. The van der Waals surface area contributed by atoms with Gasteiger partial charge in [0.1, 0.15) is 5.82 Å². The van der Waals surface area contributed by atoms with Crippen molar-refractivity contribution < 1.29 is 0 Å². The average Bonchev–Trinajstić information content (AvgIpc) is 3.62. The van der Waals surface area contributed by atoms with Crippen molar-refractivity contribution in [2.24, 2.45) is 7.05 Å². The third kappa shape index (κ3) is 4.46. The minimum absolute atomic E-state index is 0.350. The van der Waals surface area contributed by atoms with Crippen molar-refractivity contribution in [3.8, 4) is 22.5 Å². The monoisotopic (exact) mass is 518 g/mol. The summed E-state index contributed by atoms with van der Waals surface area (Å²) in [5.41, 5.74) is 5.13. The van der Waals surface area contributed by atoms with Gasteiger partial charge >= 0.3 is 5.69 Å². The smallest absolute Gasteiger partial charge is 0.318 e. The fourth-order valence-electron chi connectivity index (χ4n) is 4.92. The van der Waals surface area contributed by atoms with Gasteiger partial charge in [-0.2, -0.15) is 5.21 Å². The van der Waals surface area contributed by atoms with Crippen LogP contribution in [0.4, 0.5) is 0 Å². The first-order chi connectivity index (χ1) is 19.0. The van der Waals surface area contributed by atoms with E-state index in [0.717, 1.165) is 27.8 Å². The molecular formula is C29H26N8O2. The van der Waals surface area contributed by atoms with Gasteiger partial charge in [-0.25, -0.2) is 9.78 Å². The Morgan fingerprint density at radius 2 is 1.54 bits per heavy atom. The van der Waals surface area contributed by atoms with Crippen molar-refractivity contribution in [2.75, 3.05) is 0 Å². The van der Waals surface area contributed by atoms with E-state index in [0.29, 0.717) is 42.3 Å². The van der Waals surface area contributed by atoms with Gasteiger partial charge in [-0.15, -0.1) is 10.2 Å². The van der Waals surface area contributed by atoms with Crippen LogP contribution in [-0.2, 0) is 26.6 Å². The van der Waals surface area contributed by atoms with Crippen LogP contribution in [-0.4, -0.2) is 39.3 Å². The first-order valence-corrected chi connectivity index (χ1v) is 12.6. The highest BCUT2D eigenvalue weighted by atomic mass is 16.2. The highest BCUT2D eigenvalue weighted by Gasteiger charge is 2.19. The van der Waals surface area contributed by atoms with E-state index in [4.69, 9.17) is 0 Å². The normalized spacial score (nSPS) is 11.3. The molecular weight excluding hydrogens is 492 g/mol. The summed E-state index contributed by atoms with van der Waals surface area (Å²) in [6.07, 6.45) is 0.659. The van der Waals surface area contributed by atoms with Crippen molar-refractivity contribution in [1.29, 1.82) is 0 Å². The van der Waals surface area contributed by atoms with Crippen molar-refractivity contribution in [3.63, 3.8) is 0 Å². The van der Waals surface area contributed by atoms with Crippen LogP contribution < -0.4 is 11.2 Å². The zero-order valence-corrected chi connectivity index (χ0v) is 21.6. The number of H-pyrrole nitrogens is 1. The number of aromatic amines is 1. The lowest BCUT2D eigenvalue weighted by Crippen LogP contribution is -2.39. The molecule has 3 heterocycles. The van der Waals surface area contributed by atoms with Gasteiger partial charge in [-0.3, -0.25) is 13.9 Å². The average molecular weight is 519 g/mol. The van der Waals surface area contributed by atoms with Gasteiger partial charge in [0.15, 0.2) is 11.2 Å². The summed E-state index contributed by atoms with van der Waals surface area (Å²) >= 11 is 0. The van der Waals surface area contributed by atoms with Crippen LogP contribution in [0, 0.1) is 6.92 Å². The second-order valence-electron chi connectivity index (χ2n) is 9.43. The van der Waals surface area contributed by atoms with Gasteiger partial charge in [0, 0.05) is 25.7 Å². The van der Waals surface area contributed by atoms with Gasteiger partial charge in [-0.05, 0) is 40.8 Å². The SMILES string of the molecule is Cc1nc2c(c(=O)n(C)c(=O)n2CCc2ccccc2)n1Cc1ccc(-c2ccccc2-c2nn[nH]n2)cc1. The number of nitrogens with zero attached hydrogens (tertiary/aromatic N) is 7. The molecule has 39 heavy (non-hydrogen) atoms. The molecule has 194 valence electrons. The molecule has 0 aliphatic rings. The van der Waals surface area contributed by atoms with Crippen LogP contribution in [0.1, 0.15) is 17.0 Å². The van der Waals surface area contributed by atoms with Crippen LogP contribution in [0.2, 0.25) is 0 Å². The third-order valence-corrected chi connectivity index (χ3v) is 7.01. The first-order valence-electron chi connectivity index (χ1n) is 12.6. The van der Waals surface area contributed by atoms with Crippen molar-refractivity contribution in [2.45, 2.75) is 26.4 Å². The number of imidazole rings is 1. The maximum absolute atomic E-state index is 13.3. The van der Waals surface area contributed by atoms with Gasteiger partial charge in [-0.1, -0.05) is 78.9 Å². The molecule has 0 amide bonds. The van der Waals surface area contributed by atoms with Gasteiger partial charge in [0.25, 0.3) is 5.56 Å². The Balaban J connectivity index is 1.35. The number of nitrogens with one attached hydrogen (secondary N) is 1. The second kappa shape index (κ2) is 9.97. The zero-order valence-electron chi connectivity index (χ0n) is 21.6. The minimum atomic E-state index is -0.363. The maximum Gasteiger partial charge on any atom is 0.332 e. The van der Waals surface area contributed by atoms with Crippen LogP contribution in [0.25, 0.3) is 33.7 Å². The molecule has 0 aliphatic carbocycles. The fraction of sp³-hybridized carbons (Fsp3) is 0.172. The molecule has 0 atom stereocenters. The molecule has 0 unspecified atom stereocenters. The van der Waals surface area contributed by atoms with Crippen LogP contribution in [0.3, 0.4) is 0 Å². The lowest BCUT2D eigenvalue weighted by Gasteiger charge is -2.12. The largest absolute Gasteiger partial charge is 0.332 e. The molecule has 0 spiro atoms. The summed E-state index contributed by atoms with van der Waals surface area (Å²) in [5, 5.41) is 14.4. The van der Waals surface area contributed by atoms with Crippen molar-refractivity contribution in [1.82, 2.24) is 39.3 Å². The molecule has 0 fully saturated rings. The van der Waals surface area contributed by atoms with E-state index in [2.05, 4.69) is 25.6 Å². The topological polar surface area (TPSA) is 116 Å². The Morgan fingerprint density at radius 3 is 2.26 bits per heavy atom. The number of aromatic nitrogens is 8. The predicted octanol–water partition coefficient (Wildman–Crippen LogP) is 3.34. The summed E-state index contributed by atoms with van der Waals surface area (Å²) in [7, 11) is 1.52.